The van der Waals surface area contributed by atoms with Crippen molar-refractivity contribution in [1.29, 1.82) is 0 Å². The average Bonchev–Trinajstić information content (AvgIpc) is 3.04. The normalized spacial score (nSPS) is 24.7. The second-order valence-electron chi connectivity index (χ2n) is 6.02. The highest BCUT2D eigenvalue weighted by molar-refractivity contribution is 6.30. The van der Waals surface area contributed by atoms with Crippen LogP contribution in [0.3, 0.4) is 0 Å². The van der Waals surface area contributed by atoms with Gasteiger partial charge in [0.1, 0.15) is 0 Å². The average molecular weight is 327 g/mol. The molecule has 0 saturated carbocycles. The van der Waals surface area contributed by atoms with Gasteiger partial charge in [0.15, 0.2) is 0 Å². The van der Waals surface area contributed by atoms with Crippen LogP contribution in [-0.2, 0) is 0 Å². The summed E-state index contributed by atoms with van der Waals surface area (Å²) in [5, 5.41) is 15.6. The molecular weight excluding hydrogens is 312 g/mol. The van der Waals surface area contributed by atoms with E-state index in [1.807, 2.05) is 30.3 Å². The lowest BCUT2D eigenvalue weighted by Crippen LogP contribution is -2.29. The molecule has 2 aromatic rings. The minimum Gasteiger partial charge on any atom is -0.377 e. The smallest absolute Gasteiger partial charge is 0.274 e. The van der Waals surface area contributed by atoms with Crippen LogP contribution in [0.4, 0.5) is 11.4 Å². The minimum absolute atomic E-state index is 0.0784. The summed E-state index contributed by atoms with van der Waals surface area (Å²) >= 11 is 6.15. The van der Waals surface area contributed by atoms with Crippen LogP contribution in [0.5, 0.6) is 0 Å². The predicted molar refractivity (Wildman–Crippen MR) is 90.9 cm³/mol. The van der Waals surface area contributed by atoms with Crippen LogP contribution in [0.25, 0.3) is 0 Å². The summed E-state index contributed by atoms with van der Waals surface area (Å²) in [5.41, 5.74) is 3.10. The molecule has 0 unspecified atom stereocenters. The van der Waals surface area contributed by atoms with Gasteiger partial charge in [-0.15, -0.1) is 0 Å². The number of para-hydroxylation sites is 1. The van der Waals surface area contributed by atoms with E-state index < -0.39 is 0 Å². The summed E-state index contributed by atoms with van der Waals surface area (Å²) in [5.74, 6) is 0.511. The predicted octanol–water partition coefficient (Wildman–Crippen LogP) is 5.07. The first kappa shape index (κ1) is 14.3. The third kappa shape index (κ3) is 2.30. The molecule has 1 heterocycles. The first-order chi connectivity index (χ1) is 11.1. The van der Waals surface area contributed by atoms with Gasteiger partial charge in [-0.05, 0) is 36.1 Å². The van der Waals surface area contributed by atoms with E-state index >= 15 is 0 Å². The number of rotatable bonds is 2. The Morgan fingerprint density at radius 2 is 2.00 bits per heavy atom. The maximum atomic E-state index is 11.4. The van der Waals surface area contributed by atoms with E-state index in [0.717, 1.165) is 17.7 Å². The molecule has 0 aromatic heterocycles. The molecule has 2 aromatic carbocycles. The molecule has 3 atom stereocenters. The number of fused-ring (bicyclic) bond motifs is 3. The molecule has 0 bridgehead atoms. The number of hydrogen-bond donors (Lipinski definition) is 1. The topological polar surface area (TPSA) is 55.2 Å². The lowest BCUT2D eigenvalue weighted by Gasteiger charge is -2.37. The van der Waals surface area contributed by atoms with Crippen LogP contribution in [0.15, 0.2) is 54.6 Å². The van der Waals surface area contributed by atoms with Gasteiger partial charge in [0.25, 0.3) is 5.69 Å². The second kappa shape index (κ2) is 5.39. The van der Waals surface area contributed by atoms with E-state index in [1.54, 1.807) is 12.1 Å². The van der Waals surface area contributed by atoms with Crippen molar-refractivity contribution in [3.05, 3.63) is 80.9 Å². The first-order valence-electron chi connectivity index (χ1n) is 7.61. The van der Waals surface area contributed by atoms with Crippen molar-refractivity contribution in [3.8, 4) is 0 Å². The summed E-state index contributed by atoms with van der Waals surface area (Å²) in [6, 6.07) is 12.7. The van der Waals surface area contributed by atoms with E-state index in [0.29, 0.717) is 5.02 Å². The Morgan fingerprint density at radius 1 is 1.17 bits per heavy atom. The van der Waals surface area contributed by atoms with Crippen molar-refractivity contribution in [2.75, 3.05) is 5.32 Å². The highest BCUT2D eigenvalue weighted by Crippen LogP contribution is 2.51. The summed E-state index contributed by atoms with van der Waals surface area (Å²) in [6.45, 7) is 0. The van der Waals surface area contributed by atoms with Crippen molar-refractivity contribution in [1.82, 2.24) is 0 Å². The molecule has 2 aliphatic rings. The van der Waals surface area contributed by atoms with E-state index in [4.69, 9.17) is 11.6 Å². The fourth-order valence-corrected chi connectivity index (χ4v) is 3.97. The lowest BCUT2D eigenvalue weighted by atomic mass is 9.76. The van der Waals surface area contributed by atoms with Crippen molar-refractivity contribution >= 4 is 23.0 Å². The molecule has 23 heavy (non-hydrogen) atoms. The second-order valence-corrected chi connectivity index (χ2v) is 6.46. The fraction of sp³-hybridized carbons (Fsp3) is 0.222. The molecule has 0 radical (unpaired) electrons. The van der Waals surface area contributed by atoms with Crippen molar-refractivity contribution in [2.45, 2.75) is 18.4 Å². The Labute approximate surface area is 138 Å². The largest absolute Gasteiger partial charge is 0.377 e. The number of halogens is 1. The summed E-state index contributed by atoms with van der Waals surface area (Å²) < 4.78 is 0. The zero-order chi connectivity index (χ0) is 16.0. The summed E-state index contributed by atoms with van der Waals surface area (Å²) in [4.78, 5) is 11.1. The zero-order valence-corrected chi connectivity index (χ0v) is 13.0. The fourth-order valence-electron chi connectivity index (χ4n) is 3.79. The highest BCUT2D eigenvalue weighted by atomic mass is 35.5. The number of benzene rings is 2. The molecule has 116 valence electrons. The Hall–Kier alpha value is -2.33. The number of anilines is 1. The van der Waals surface area contributed by atoms with E-state index in [-0.39, 0.29) is 28.5 Å². The van der Waals surface area contributed by atoms with Crippen molar-refractivity contribution in [2.24, 2.45) is 5.92 Å². The Bertz CT molecular complexity index is 818. The third-order valence-corrected chi connectivity index (χ3v) is 5.03. The van der Waals surface area contributed by atoms with Crippen LogP contribution in [0.1, 0.15) is 29.5 Å². The van der Waals surface area contributed by atoms with Crippen LogP contribution in [0.2, 0.25) is 5.02 Å². The van der Waals surface area contributed by atoms with Crippen LogP contribution in [-0.4, -0.2) is 4.92 Å². The molecule has 1 N–H and O–H groups in total. The number of nitrogens with zero attached hydrogens (tertiary/aromatic N) is 1. The minimum atomic E-state index is -0.300. The summed E-state index contributed by atoms with van der Waals surface area (Å²) in [7, 11) is 0. The van der Waals surface area contributed by atoms with Gasteiger partial charge in [0, 0.05) is 22.7 Å². The van der Waals surface area contributed by atoms with Crippen molar-refractivity contribution in [3.63, 3.8) is 0 Å². The Kier molecular flexibility index (Phi) is 3.34. The molecule has 5 heteroatoms. The third-order valence-electron chi connectivity index (χ3n) is 4.79. The number of nitrogens with one attached hydrogen (secondary N) is 1. The quantitative estimate of drug-likeness (QED) is 0.476. The number of hydrogen-bond acceptors (Lipinski definition) is 3. The number of nitro benzene ring substituents is 1. The molecular formula is C18H15ClN2O2. The standard InChI is InChI=1S/C18H15ClN2O2/c19-11-8-9-16-15(10-11)12-5-3-6-13(12)18(20-16)14-4-1-2-7-17(14)21(22)23/h1-5,7-10,12-13,18,20H,6H2/t12-,13-,18-/m0/s1. The van der Waals surface area contributed by atoms with Gasteiger partial charge in [-0.25, -0.2) is 0 Å². The maximum Gasteiger partial charge on any atom is 0.274 e. The SMILES string of the molecule is O=[N+]([O-])c1ccccc1[C@H]1Nc2ccc(Cl)cc2[C@H]2C=CC[C@@H]21. The molecule has 0 fully saturated rings. The maximum absolute atomic E-state index is 11.4. The zero-order valence-electron chi connectivity index (χ0n) is 12.3. The van der Waals surface area contributed by atoms with Crippen LogP contribution in [0, 0.1) is 16.0 Å². The highest BCUT2D eigenvalue weighted by Gasteiger charge is 2.40. The molecule has 0 saturated heterocycles. The van der Waals surface area contributed by atoms with Gasteiger partial charge >= 0.3 is 0 Å². The monoisotopic (exact) mass is 326 g/mol. The van der Waals surface area contributed by atoms with E-state index in [1.165, 1.54) is 5.56 Å². The summed E-state index contributed by atoms with van der Waals surface area (Å²) in [6.07, 6.45) is 5.26. The van der Waals surface area contributed by atoms with Gasteiger partial charge in [-0.1, -0.05) is 42.0 Å². The van der Waals surface area contributed by atoms with Crippen LogP contribution >= 0.6 is 11.6 Å². The molecule has 4 nitrogen and oxygen atoms in total. The van der Waals surface area contributed by atoms with E-state index in [9.17, 15) is 10.1 Å². The molecule has 0 amide bonds. The number of nitro groups is 1. The van der Waals surface area contributed by atoms with Gasteiger partial charge < -0.3 is 5.32 Å². The Balaban J connectivity index is 1.83. The van der Waals surface area contributed by atoms with Gasteiger partial charge in [0.05, 0.1) is 16.5 Å². The molecule has 4 rings (SSSR count). The van der Waals surface area contributed by atoms with Gasteiger partial charge in [-0.2, -0.15) is 0 Å². The van der Waals surface area contributed by atoms with E-state index in [2.05, 4.69) is 17.5 Å². The van der Waals surface area contributed by atoms with Crippen LogP contribution < -0.4 is 5.32 Å². The first-order valence-corrected chi connectivity index (χ1v) is 7.99. The molecule has 1 aliphatic carbocycles. The Morgan fingerprint density at radius 3 is 2.83 bits per heavy atom. The number of allylic oxidation sites excluding steroid dienone is 2. The molecule has 1 aliphatic heterocycles. The van der Waals surface area contributed by atoms with Crippen molar-refractivity contribution < 1.29 is 4.92 Å². The molecule has 0 spiro atoms. The van der Waals surface area contributed by atoms with Gasteiger partial charge in [0.2, 0.25) is 0 Å². The van der Waals surface area contributed by atoms with Gasteiger partial charge in [-0.3, -0.25) is 10.1 Å². The lowest BCUT2D eigenvalue weighted by molar-refractivity contribution is -0.385.